The van der Waals surface area contributed by atoms with Gasteiger partial charge in [0.2, 0.25) is 5.91 Å². The van der Waals surface area contributed by atoms with Crippen molar-refractivity contribution in [1.82, 2.24) is 10.2 Å². The number of carbonyl (C=O) groups is 1. The van der Waals surface area contributed by atoms with E-state index in [0.29, 0.717) is 6.54 Å². The van der Waals surface area contributed by atoms with Crippen molar-refractivity contribution in [2.24, 2.45) is 5.92 Å². The molecule has 1 aromatic rings. The van der Waals surface area contributed by atoms with Gasteiger partial charge < -0.3 is 15.0 Å². The summed E-state index contributed by atoms with van der Waals surface area (Å²) in [6.07, 6.45) is 2.07. The summed E-state index contributed by atoms with van der Waals surface area (Å²) in [5.74, 6) is 1.18. The van der Waals surface area contributed by atoms with Gasteiger partial charge >= 0.3 is 0 Å². The first kappa shape index (κ1) is 14.9. The second-order valence-corrected chi connectivity index (χ2v) is 5.55. The largest absolute Gasteiger partial charge is 0.496 e. The molecule has 4 heteroatoms. The average molecular weight is 276 g/mol. The number of ether oxygens (including phenoxy) is 1. The Bertz CT molecular complexity index is 468. The van der Waals surface area contributed by atoms with E-state index in [1.54, 1.807) is 7.11 Å². The Kier molecular flexibility index (Phi) is 5.01. The summed E-state index contributed by atoms with van der Waals surface area (Å²) in [5, 5.41) is 3.29. The summed E-state index contributed by atoms with van der Waals surface area (Å²) in [7, 11) is 3.54. The fourth-order valence-corrected chi connectivity index (χ4v) is 2.74. The number of rotatable bonds is 4. The minimum Gasteiger partial charge on any atom is -0.496 e. The van der Waals surface area contributed by atoms with Gasteiger partial charge in [0.25, 0.3) is 0 Å². The Hall–Kier alpha value is -1.55. The molecule has 0 spiro atoms. The molecular weight excluding hydrogens is 252 g/mol. The van der Waals surface area contributed by atoms with Crippen LogP contribution in [0, 0.1) is 12.8 Å². The number of aryl methyl sites for hydroxylation is 1. The SMILES string of the molecule is COc1ccc(C)cc1CN(C)C(=O)[C@H]1CCCNC1. The summed E-state index contributed by atoms with van der Waals surface area (Å²) in [5.41, 5.74) is 2.24. The number of hydrogen-bond acceptors (Lipinski definition) is 3. The molecule has 1 saturated heterocycles. The van der Waals surface area contributed by atoms with Gasteiger partial charge in [0.05, 0.1) is 13.0 Å². The van der Waals surface area contributed by atoms with Gasteiger partial charge in [-0.05, 0) is 32.4 Å². The van der Waals surface area contributed by atoms with Crippen LogP contribution in [0.1, 0.15) is 24.0 Å². The van der Waals surface area contributed by atoms with E-state index in [0.717, 1.165) is 37.2 Å². The molecule has 0 aromatic heterocycles. The fourth-order valence-electron chi connectivity index (χ4n) is 2.74. The van der Waals surface area contributed by atoms with Crippen molar-refractivity contribution in [2.45, 2.75) is 26.3 Å². The second-order valence-electron chi connectivity index (χ2n) is 5.55. The first-order valence-electron chi connectivity index (χ1n) is 7.21. The van der Waals surface area contributed by atoms with Crippen LogP contribution in [-0.4, -0.2) is 38.1 Å². The van der Waals surface area contributed by atoms with Gasteiger partial charge in [0.1, 0.15) is 5.75 Å². The molecule has 4 nitrogen and oxygen atoms in total. The lowest BCUT2D eigenvalue weighted by molar-refractivity contribution is -0.135. The molecule has 0 saturated carbocycles. The quantitative estimate of drug-likeness (QED) is 0.914. The van der Waals surface area contributed by atoms with Gasteiger partial charge in [-0.1, -0.05) is 17.7 Å². The minimum atomic E-state index is 0.115. The van der Waals surface area contributed by atoms with Gasteiger partial charge in [-0.15, -0.1) is 0 Å². The molecule has 110 valence electrons. The topological polar surface area (TPSA) is 41.6 Å². The molecule has 2 rings (SSSR count). The lowest BCUT2D eigenvalue weighted by atomic mass is 9.98. The van der Waals surface area contributed by atoms with Crippen molar-refractivity contribution in [3.05, 3.63) is 29.3 Å². The third kappa shape index (κ3) is 3.51. The molecule has 1 aliphatic rings. The molecule has 0 aliphatic carbocycles. The summed E-state index contributed by atoms with van der Waals surface area (Å²) in [6, 6.07) is 6.07. The van der Waals surface area contributed by atoms with E-state index in [4.69, 9.17) is 4.74 Å². The van der Waals surface area contributed by atoms with Crippen molar-refractivity contribution in [1.29, 1.82) is 0 Å². The van der Waals surface area contributed by atoms with Crippen LogP contribution in [-0.2, 0) is 11.3 Å². The number of methoxy groups -OCH3 is 1. The molecule has 1 aromatic carbocycles. The molecule has 0 unspecified atom stereocenters. The van der Waals surface area contributed by atoms with Crippen molar-refractivity contribution >= 4 is 5.91 Å². The Morgan fingerprint density at radius 2 is 2.30 bits per heavy atom. The van der Waals surface area contributed by atoms with Crippen molar-refractivity contribution in [3.8, 4) is 5.75 Å². The van der Waals surface area contributed by atoms with Crippen LogP contribution in [0.25, 0.3) is 0 Å². The first-order valence-corrected chi connectivity index (χ1v) is 7.21. The zero-order chi connectivity index (χ0) is 14.5. The molecular formula is C16H24N2O2. The highest BCUT2D eigenvalue weighted by atomic mass is 16.5. The summed E-state index contributed by atoms with van der Waals surface area (Å²) in [4.78, 5) is 14.2. The van der Waals surface area contributed by atoms with Crippen molar-refractivity contribution in [3.63, 3.8) is 0 Å². The van der Waals surface area contributed by atoms with E-state index < -0.39 is 0 Å². The summed E-state index contributed by atoms with van der Waals surface area (Å²) in [6.45, 7) is 4.48. The van der Waals surface area contributed by atoms with Gasteiger partial charge in [0, 0.05) is 25.7 Å². The van der Waals surface area contributed by atoms with E-state index in [1.165, 1.54) is 5.56 Å². The van der Waals surface area contributed by atoms with Gasteiger partial charge in [-0.3, -0.25) is 4.79 Å². The number of nitrogens with zero attached hydrogens (tertiary/aromatic N) is 1. The molecule has 1 heterocycles. The highest BCUT2D eigenvalue weighted by molar-refractivity contribution is 5.79. The van der Waals surface area contributed by atoms with Crippen LogP contribution in [0.4, 0.5) is 0 Å². The summed E-state index contributed by atoms with van der Waals surface area (Å²) < 4.78 is 5.38. The maximum Gasteiger partial charge on any atom is 0.227 e. The molecule has 1 N–H and O–H groups in total. The van der Waals surface area contributed by atoms with Crippen molar-refractivity contribution in [2.75, 3.05) is 27.2 Å². The molecule has 1 aliphatic heterocycles. The Balaban J connectivity index is 2.04. The maximum absolute atomic E-state index is 12.4. The number of nitrogens with one attached hydrogen (secondary N) is 1. The average Bonchev–Trinajstić information content (AvgIpc) is 2.47. The highest BCUT2D eigenvalue weighted by Crippen LogP contribution is 2.22. The normalized spacial score (nSPS) is 18.6. The Morgan fingerprint density at radius 1 is 1.50 bits per heavy atom. The zero-order valence-electron chi connectivity index (χ0n) is 12.6. The Labute approximate surface area is 121 Å². The van der Waals surface area contributed by atoms with E-state index in [9.17, 15) is 4.79 Å². The third-order valence-corrected chi connectivity index (χ3v) is 3.87. The molecule has 1 amide bonds. The van der Waals surface area contributed by atoms with Crippen LogP contribution >= 0.6 is 0 Å². The summed E-state index contributed by atoms with van der Waals surface area (Å²) >= 11 is 0. The van der Waals surface area contributed by atoms with Gasteiger partial charge in [-0.25, -0.2) is 0 Å². The molecule has 1 fully saturated rings. The standard InChI is InChI=1S/C16H24N2O2/c1-12-6-7-15(20-3)14(9-12)11-18(2)16(19)13-5-4-8-17-10-13/h6-7,9,13,17H,4-5,8,10-11H2,1-3H3/t13-/m0/s1. The van der Waals surface area contributed by atoms with E-state index in [2.05, 4.69) is 18.3 Å². The number of carbonyl (C=O) groups excluding carboxylic acids is 1. The fraction of sp³-hybridized carbons (Fsp3) is 0.562. The number of amides is 1. The third-order valence-electron chi connectivity index (χ3n) is 3.87. The number of benzene rings is 1. The van der Waals surface area contributed by atoms with E-state index in [-0.39, 0.29) is 11.8 Å². The monoisotopic (exact) mass is 276 g/mol. The zero-order valence-corrected chi connectivity index (χ0v) is 12.6. The molecule has 0 radical (unpaired) electrons. The highest BCUT2D eigenvalue weighted by Gasteiger charge is 2.24. The van der Waals surface area contributed by atoms with E-state index >= 15 is 0 Å². The van der Waals surface area contributed by atoms with Crippen LogP contribution in [0.2, 0.25) is 0 Å². The van der Waals surface area contributed by atoms with Crippen LogP contribution in [0.5, 0.6) is 5.75 Å². The van der Waals surface area contributed by atoms with Gasteiger partial charge in [0.15, 0.2) is 0 Å². The molecule has 0 bridgehead atoms. The lowest BCUT2D eigenvalue weighted by Gasteiger charge is -2.27. The predicted molar refractivity (Wildman–Crippen MR) is 79.8 cm³/mol. The number of piperidine rings is 1. The van der Waals surface area contributed by atoms with Crippen LogP contribution in [0.15, 0.2) is 18.2 Å². The lowest BCUT2D eigenvalue weighted by Crippen LogP contribution is -2.41. The first-order chi connectivity index (χ1) is 9.61. The molecule has 1 atom stereocenters. The molecule has 20 heavy (non-hydrogen) atoms. The maximum atomic E-state index is 12.4. The van der Waals surface area contributed by atoms with Crippen molar-refractivity contribution < 1.29 is 9.53 Å². The van der Waals surface area contributed by atoms with Crippen LogP contribution < -0.4 is 10.1 Å². The van der Waals surface area contributed by atoms with Gasteiger partial charge in [-0.2, -0.15) is 0 Å². The number of hydrogen-bond donors (Lipinski definition) is 1. The predicted octanol–water partition coefficient (Wildman–Crippen LogP) is 1.96. The smallest absolute Gasteiger partial charge is 0.227 e. The second kappa shape index (κ2) is 6.75. The Morgan fingerprint density at radius 3 is 2.95 bits per heavy atom. The van der Waals surface area contributed by atoms with Crippen LogP contribution in [0.3, 0.4) is 0 Å². The van der Waals surface area contributed by atoms with E-state index in [1.807, 2.05) is 24.1 Å². The minimum absolute atomic E-state index is 0.115.